The van der Waals surface area contributed by atoms with Gasteiger partial charge in [0.15, 0.2) is 0 Å². The van der Waals surface area contributed by atoms with Crippen LogP contribution in [0.3, 0.4) is 0 Å². The molecule has 29 heavy (non-hydrogen) atoms. The Kier molecular flexibility index (Phi) is 6.78. The minimum atomic E-state index is -4.65. The third-order valence-electron chi connectivity index (χ3n) is 3.95. The number of nitrogens with one attached hydrogen (secondary N) is 1. The molecule has 158 valence electrons. The first-order valence-corrected chi connectivity index (χ1v) is 10.5. The van der Waals surface area contributed by atoms with Crippen LogP contribution in [0.1, 0.15) is 19.4 Å². The summed E-state index contributed by atoms with van der Waals surface area (Å²) in [5, 5.41) is 2.56. The Morgan fingerprint density at radius 2 is 1.79 bits per heavy atom. The van der Waals surface area contributed by atoms with Gasteiger partial charge >= 0.3 is 6.18 Å². The SMILES string of the molecule is CCOc1ccc(NC(=O)C(C)N(c2cccc(C(F)(F)F)c2)S(C)(=O)=O)cc1. The van der Waals surface area contributed by atoms with Crippen LogP contribution < -0.4 is 14.4 Å². The lowest BCUT2D eigenvalue weighted by molar-refractivity contribution is -0.137. The van der Waals surface area contributed by atoms with Crippen molar-refractivity contribution in [2.24, 2.45) is 0 Å². The normalized spacial score (nSPS) is 12.9. The van der Waals surface area contributed by atoms with Gasteiger partial charge in [-0.3, -0.25) is 9.10 Å². The zero-order valence-electron chi connectivity index (χ0n) is 16.0. The second kappa shape index (κ2) is 8.73. The Morgan fingerprint density at radius 3 is 2.31 bits per heavy atom. The van der Waals surface area contributed by atoms with Gasteiger partial charge in [0.05, 0.1) is 24.1 Å². The molecule has 1 unspecified atom stereocenters. The molecule has 1 amide bonds. The fourth-order valence-electron chi connectivity index (χ4n) is 2.68. The minimum Gasteiger partial charge on any atom is -0.494 e. The monoisotopic (exact) mass is 430 g/mol. The predicted molar refractivity (Wildman–Crippen MR) is 104 cm³/mol. The second-order valence-corrected chi connectivity index (χ2v) is 8.09. The maximum absolute atomic E-state index is 13.0. The van der Waals surface area contributed by atoms with Crippen molar-refractivity contribution < 1.29 is 31.1 Å². The number of carbonyl (C=O) groups is 1. The highest BCUT2D eigenvalue weighted by atomic mass is 32.2. The molecular formula is C19H21F3N2O4S. The van der Waals surface area contributed by atoms with E-state index in [0.717, 1.165) is 18.4 Å². The average molecular weight is 430 g/mol. The summed E-state index contributed by atoms with van der Waals surface area (Å²) in [5.41, 5.74) is -0.873. The first-order valence-electron chi connectivity index (χ1n) is 8.64. The Labute approximate surface area is 167 Å². The van der Waals surface area contributed by atoms with Gasteiger partial charge in [-0.25, -0.2) is 8.42 Å². The summed E-state index contributed by atoms with van der Waals surface area (Å²) in [6, 6.07) is 8.94. The van der Waals surface area contributed by atoms with E-state index in [0.29, 0.717) is 28.4 Å². The van der Waals surface area contributed by atoms with E-state index in [2.05, 4.69) is 5.32 Å². The summed E-state index contributed by atoms with van der Waals surface area (Å²) in [7, 11) is -4.05. The van der Waals surface area contributed by atoms with Crippen molar-refractivity contribution in [3.63, 3.8) is 0 Å². The molecule has 2 rings (SSSR count). The van der Waals surface area contributed by atoms with Gasteiger partial charge in [0.25, 0.3) is 0 Å². The van der Waals surface area contributed by atoms with Crippen molar-refractivity contribution in [3.8, 4) is 5.75 Å². The van der Waals surface area contributed by atoms with E-state index in [1.165, 1.54) is 13.0 Å². The molecule has 0 aliphatic heterocycles. The number of alkyl halides is 3. The van der Waals surface area contributed by atoms with E-state index in [1.54, 1.807) is 24.3 Å². The predicted octanol–water partition coefficient (Wildman–Crippen LogP) is 3.90. The maximum Gasteiger partial charge on any atom is 0.416 e. The molecule has 0 saturated carbocycles. The van der Waals surface area contributed by atoms with Crippen LogP contribution in [-0.2, 0) is 21.0 Å². The summed E-state index contributed by atoms with van der Waals surface area (Å²) in [4.78, 5) is 12.6. The molecule has 0 heterocycles. The molecule has 0 aliphatic carbocycles. The van der Waals surface area contributed by atoms with Gasteiger partial charge in [0, 0.05) is 5.69 Å². The molecule has 2 aromatic rings. The zero-order chi connectivity index (χ0) is 21.8. The third kappa shape index (κ3) is 5.86. The lowest BCUT2D eigenvalue weighted by Crippen LogP contribution is -2.45. The highest BCUT2D eigenvalue weighted by Gasteiger charge is 2.34. The third-order valence-corrected chi connectivity index (χ3v) is 5.19. The molecule has 0 aliphatic rings. The van der Waals surface area contributed by atoms with E-state index in [1.807, 2.05) is 6.92 Å². The van der Waals surface area contributed by atoms with Crippen LogP contribution >= 0.6 is 0 Å². The summed E-state index contributed by atoms with van der Waals surface area (Å²) in [6.45, 7) is 3.60. The van der Waals surface area contributed by atoms with Crippen molar-refractivity contribution in [2.75, 3.05) is 22.5 Å². The number of ether oxygens (including phenoxy) is 1. The van der Waals surface area contributed by atoms with E-state index in [9.17, 15) is 26.4 Å². The highest BCUT2D eigenvalue weighted by molar-refractivity contribution is 7.92. The van der Waals surface area contributed by atoms with Crippen molar-refractivity contribution in [3.05, 3.63) is 54.1 Å². The summed E-state index contributed by atoms with van der Waals surface area (Å²) in [5.74, 6) is -0.0997. The van der Waals surface area contributed by atoms with Crippen molar-refractivity contribution in [1.29, 1.82) is 0 Å². The molecule has 0 aromatic heterocycles. The van der Waals surface area contributed by atoms with Gasteiger partial charge in [-0.15, -0.1) is 0 Å². The van der Waals surface area contributed by atoms with E-state index >= 15 is 0 Å². The van der Waals surface area contributed by atoms with Crippen LogP contribution in [0.15, 0.2) is 48.5 Å². The Balaban J connectivity index is 2.30. The number of rotatable bonds is 7. The average Bonchev–Trinajstić information content (AvgIpc) is 2.62. The standard InChI is InChI=1S/C19H21F3N2O4S/c1-4-28-17-10-8-15(9-11-17)23-18(25)13(2)24(29(3,26)27)16-7-5-6-14(12-16)19(20,21)22/h5-13H,4H2,1-3H3,(H,23,25). The number of hydrogen-bond donors (Lipinski definition) is 1. The van der Waals surface area contributed by atoms with E-state index in [-0.39, 0.29) is 5.69 Å². The van der Waals surface area contributed by atoms with Crippen LogP contribution in [0.25, 0.3) is 0 Å². The molecule has 0 fully saturated rings. The number of sulfonamides is 1. The van der Waals surface area contributed by atoms with Crippen LogP contribution in [0, 0.1) is 0 Å². The number of carbonyl (C=O) groups excluding carboxylic acids is 1. The van der Waals surface area contributed by atoms with Crippen LogP contribution in [0.5, 0.6) is 5.75 Å². The molecule has 0 bridgehead atoms. The van der Waals surface area contributed by atoms with Gasteiger partial charge in [0.1, 0.15) is 11.8 Å². The molecule has 2 aromatic carbocycles. The lowest BCUT2D eigenvalue weighted by atomic mass is 10.1. The summed E-state index contributed by atoms with van der Waals surface area (Å²) in [6.07, 6.45) is -3.82. The first-order chi connectivity index (χ1) is 13.4. The number of benzene rings is 2. The van der Waals surface area contributed by atoms with Gasteiger partial charge in [-0.05, 0) is 56.3 Å². The van der Waals surface area contributed by atoms with Crippen LogP contribution in [-0.4, -0.2) is 33.2 Å². The fourth-order valence-corrected chi connectivity index (χ4v) is 3.84. The maximum atomic E-state index is 13.0. The number of anilines is 2. The quantitative estimate of drug-likeness (QED) is 0.723. The lowest BCUT2D eigenvalue weighted by Gasteiger charge is -2.28. The van der Waals surface area contributed by atoms with Gasteiger partial charge in [0.2, 0.25) is 15.9 Å². The molecule has 0 saturated heterocycles. The number of amides is 1. The largest absolute Gasteiger partial charge is 0.494 e. The molecular weight excluding hydrogens is 409 g/mol. The molecule has 6 nitrogen and oxygen atoms in total. The first kappa shape index (κ1) is 22.5. The highest BCUT2D eigenvalue weighted by Crippen LogP contribution is 2.33. The van der Waals surface area contributed by atoms with E-state index in [4.69, 9.17) is 4.74 Å². The smallest absolute Gasteiger partial charge is 0.416 e. The molecule has 0 radical (unpaired) electrons. The zero-order valence-corrected chi connectivity index (χ0v) is 16.8. The van der Waals surface area contributed by atoms with Gasteiger partial charge in [-0.2, -0.15) is 13.2 Å². The molecule has 0 spiro atoms. The molecule has 1 N–H and O–H groups in total. The van der Waals surface area contributed by atoms with Crippen molar-refractivity contribution >= 4 is 27.3 Å². The topological polar surface area (TPSA) is 75.7 Å². The van der Waals surface area contributed by atoms with Gasteiger partial charge < -0.3 is 10.1 Å². The Hall–Kier alpha value is -2.75. The number of halogens is 3. The fraction of sp³-hybridized carbons (Fsp3) is 0.316. The summed E-state index contributed by atoms with van der Waals surface area (Å²) >= 11 is 0. The minimum absolute atomic E-state index is 0.253. The van der Waals surface area contributed by atoms with Crippen molar-refractivity contribution in [2.45, 2.75) is 26.1 Å². The van der Waals surface area contributed by atoms with Crippen LogP contribution in [0.4, 0.5) is 24.5 Å². The molecule has 1 atom stereocenters. The number of hydrogen-bond acceptors (Lipinski definition) is 4. The van der Waals surface area contributed by atoms with Crippen molar-refractivity contribution in [1.82, 2.24) is 0 Å². The van der Waals surface area contributed by atoms with E-state index < -0.39 is 33.7 Å². The van der Waals surface area contributed by atoms with Gasteiger partial charge in [-0.1, -0.05) is 6.07 Å². The Bertz CT molecular complexity index is 960. The second-order valence-electron chi connectivity index (χ2n) is 6.23. The van der Waals surface area contributed by atoms with Crippen LogP contribution in [0.2, 0.25) is 0 Å². The summed E-state index contributed by atoms with van der Waals surface area (Å²) < 4.78 is 69.5. The number of nitrogens with zero attached hydrogens (tertiary/aromatic N) is 1. The Morgan fingerprint density at radius 1 is 1.17 bits per heavy atom. The molecule has 10 heteroatoms.